The molecule has 0 atom stereocenters. The van der Waals surface area contributed by atoms with Crippen LogP contribution in [0.1, 0.15) is 12.8 Å². The van der Waals surface area contributed by atoms with Crippen molar-refractivity contribution in [2.75, 3.05) is 0 Å². The lowest BCUT2D eigenvalue weighted by atomic mass is 9.65. The Balaban J connectivity index is 2.80. The van der Waals surface area contributed by atoms with Gasteiger partial charge in [-0.05, 0) is 18.9 Å². The Kier molecular flexibility index (Phi) is 2.18. The molecule has 5 heteroatoms. The molecule has 13 heavy (non-hydrogen) atoms. The molecule has 1 fully saturated rings. The van der Waals surface area contributed by atoms with Crippen LogP contribution < -0.4 is 0 Å². The summed E-state index contributed by atoms with van der Waals surface area (Å²) in [7, 11) is 0. The molecule has 0 aromatic rings. The summed E-state index contributed by atoms with van der Waals surface area (Å²) in [5, 5.41) is 17.3. The molecule has 0 bridgehead atoms. The smallest absolute Gasteiger partial charge is 0.321 e. The first-order valence-corrected chi connectivity index (χ1v) is 3.63. The molecule has 1 saturated carbocycles. The van der Waals surface area contributed by atoms with Gasteiger partial charge in [0.25, 0.3) is 0 Å². The van der Waals surface area contributed by atoms with Crippen LogP contribution >= 0.6 is 0 Å². The highest BCUT2D eigenvalue weighted by molar-refractivity contribution is 6.01. The minimum absolute atomic E-state index is 0.0730. The Morgan fingerprint density at radius 3 is 2.00 bits per heavy atom. The average Bonchev–Trinajstić information content (AvgIpc) is 1.93. The number of carboxylic acids is 2. The lowest BCUT2D eigenvalue weighted by Gasteiger charge is -2.35. The molecule has 2 N–H and O–H groups in total. The van der Waals surface area contributed by atoms with E-state index in [0.717, 1.165) is 0 Å². The van der Waals surface area contributed by atoms with Gasteiger partial charge in [-0.1, -0.05) is 5.57 Å². The molecule has 1 aliphatic rings. The fraction of sp³-hybridized carbons (Fsp3) is 0.375. The van der Waals surface area contributed by atoms with E-state index in [-0.39, 0.29) is 12.8 Å². The number of aliphatic carboxylic acids is 2. The Hall–Kier alpha value is -1.65. The number of allylic oxidation sites excluding steroid dienone is 2. The molecule has 0 amide bonds. The highest BCUT2D eigenvalue weighted by atomic mass is 16.4. The maximum absolute atomic E-state index is 10.6. The zero-order chi connectivity index (χ0) is 10.1. The molecule has 70 valence electrons. The molecule has 0 aromatic heterocycles. The van der Waals surface area contributed by atoms with E-state index in [1.807, 2.05) is 0 Å². The van der Waals surface area contributed by atoms with E-state index in [0.29, 0.717) is 11.9 Å². The molecule has 0 aliphatic heterocycles. The summed E-state index contributed by atoms with van der Waals surface area (Å²) in [6.07, 6.45) is 1.60. The molecule has 0 saturated heterocycles. The molecule has 1 aliphatic carbocycles. The van der Waals surface area contributed by atoms with E-state index in [1.165, 1.54) is 6.08 Å². The number of hydrogen-bond acceptors (Lipinski definition) is 3. The lowest BCUT2D eigenvalue weighted by Crippen LogP contribution is -2.46. The van der Waals surface area contributed by atoms with Gasteiger partial charge in [0, 0.05) is 0 Å². The van der Waals surface area contributed by atoms with Crippen LogP contribution in [0, 0.1) is 5.41 Å². The predicted molar refractivity (Wildman–Crippen MR) is 41.1 cm³/mol. The van der Waals surface area contributed by atoms with E-state index in [4.69, 9.17) is 10.2 Å². The molecular formula is C8H8O5. The van der Waals surface area contributed by atoms with Gasteiger partial charge in [-0.25, -0.2) is 0 Å². The number of rotatable bonds is 3. The topological polar surface area (TPSA) is 91.7 Å². The van der Waals surface area contributed by atoms with Gasteiger partial charge >= 0.3 is 11.9 Å². The molecule has 0 spiro atoms. The van der Waals surface area contributed by atoms with Crippen LogP contribution in [0.25, 0.3) is 0 Å². The molecule has 0 radical (unpaired) electrons. The highest BCUT2D eigenvalue weighted by Gasteiger charge is 2.54. The van der Waals surface area contributed by atoms with Crippen LogP contribution in [0.15, 0.2) is 11.6 Å². The van der Waals surface area contributed by atoms with Gasteiger partial charge < -0.3 is 10.2 Å². The van der Waals surface area contributed by atoms with Gasteiger partial charge in [-0.15, -0.1) is 0 Å². The second-order valence-corrected chi connectivity index (χ2v) is 3.01. The van der Waals surface area contributed by atoms with Crippen molar-refractivity contribution in [3.8, 4) is 0 Å². The molecule has 1 rings (SSSR count). The summed E-state index contributed by atoms with van der Waals surface area (Å²) in [5.41, 5.74) is -1.13. The number of aldehydes is 1. The summed E-state index contributed by atoms with van der Waals surface area (Å²) < 4.78 is 0. The van der Waals surface area contributed by atoms with Gasteiger partial charge in [-0.2, -0.15) is 0 Å². The number of carboxylic acid groups (broad SMARTS) is 2. The zero-order valence-electron chi connectivity index (χ0n) is 6.69. The van der Waals surface area contributed by atoms with E-state index >= 15 is 0 Å². The summed E-state index contributed by atoms with van der Waals surface area (Å²) in [4.78, 5) is 31.2. The summed E-state index contributed by atoms with van der Waals surface area (Å²) in [5.74, 6) is -2.69. The van der Waals surface area contributed by atoms with E-state index in [9.17, 15) is 14.4 Å². The summed E-state index contributed by atoms with van der Waals surface area (Å²) in [6.45, 7) is 0. The van der Waals surface area contributed by atoms with Crippen molar-refractivity contribution in [1.29, 1.82) is 0 Å². The minimum Gasteiger partial charge on any atom is -0.480 e. The van der Waals surface area contributed by atoms with E-state index in [1.54, 1.807) is 0 Å². The van der Waals surface area contributed by atoms with Gasteiger partial charge in [-0.3, -0.25) is 14.4 Å². The van der Waals surface area contributed by atoms with Crippen molar-refractivity contribution in [1.82, 2.24) is 0 Å². The third-order valence-electron chi connectivity index (χ3n) is 2.18. The number of carbonyl (C=O) groups excluding carboxylic acids is 1. The van der Waals surface area contributed by atoms with Crippen LogP contribution in [0.4, 0.5) is 0 Å². The Morgan fingerprint density at radius 2 is 1.69 bits per heavy atom. The first kappa shape index (κ1) is 9.44. The largest absolute Gasteiger partial charge is 0.480 e. The van der Waals surface area contributed by atoms with Crippen molar-refractivity contribution in [2.24, 2.45) is 5.41 Å². The quantitative estimate of drug-likeness (QED) is 0.367. The first-order chi connectivity index (χ1) is 6.03. The van der Waals surface area contributed by atoms with Crippen molar-refractivity contribution in [3.63, 3.8) is 0 Å². The SMILES string of the molecule is O=CC=C1CC(C(=O)O)(C(=O)O)C1. The highest BCUT2D eigenvalue weighted by Crippen LogP contribution is 2.45. The van der Waals surface area contributed by atoms with Crippen molar-refractivity contribution in [2.45, 2.75) is 12.8 Å². The van der Waals surface area contributed by atoms with E-state index < -0.39 is 17.4 Å². The number of hydrogen-bond donors (Lipinski definition) is 2. The molecule has 5 nitrogen and oxygen atoms in total. The first-order valence-electron chi connectivity index (χ1n) is 3.63. The van der Waals surface area contributed by atoms with Crippen molar-refractivity contribution in [3.05, 3.63) is 11.6 Å². The third kappa shape index (κ3) is 1.32. The van der Waals surface area contributed by atoms with Crippen LogP contribution in [-0.4, -0.2) is 28.4 Å². The zero-order valence-corrected chi connectivity index (χ0v) is 6.69. The van der Waals surface area contributed by atoms with Crippen LogP contribution in [-0.2, 0) is 14.4 Å². The van der Waals surface area contributed by atoms with Gasteiger partial charge in [0.2, 0.25) is 0 Å². The Labute approximate surface area is 73.7 Å². The van der Waals surface area contributed by atoms with Gasteiger partial charge in [0.05, 0.1) is 0 Å². The Morgan fingerprint density at radius 1 is 1.23 bits per heavy atom. The fourth-order valence-corrected chi connectivity index (χ4v) is 1.33. The summed E-state index contributed by atoms with van der Waals surface area (Å²) in [6, 6.07) is 0. The fourth-order valence-electron chi connectivity index (χ4n) is 1.33. The number of carbonyl (C=O) groups is 3. The predicted octanol–water partition coefficient (Wildman–Crippen LogP) is 0.0611. The maximum Gasteiger partial charge on any atom is 0.321 e. The second kappa shape index (κ2) is 3.01. The van der Waals surface area contributed by atoms with Crippen molar-refractivity contribution < 1.29 is 24.6 Å². The standard InChI is InChI=1S/C8H8O5/c9-2-1-5-3-8(4-5,6(10)11)7(12)13/h1-2H,3-4H2,(H,10,11)(H,12,13). The Bertz CT molecular complexity index is 278. The lowest BCUT2D eigenvalue weighted by molar-refractivity contribution is -0.168. The monoisotopic (exact) mass is 184 g/mol. The van der Waals surface area contributed by atoms with Crippen molar-refractivity contribution >= 4 is 18.2 Å². The molecule has 0 heterocycles. The minimum atomic E-state index is -1.70. The van der Waals surface area contributed by atoms with Crippen LogP contribution in [0.5, 0.6) is 0 Å². The maximum atomic E-state index is 10.6. The van der Waals surface area contributed by atoms with Gasteiger partial charge in [0.1, 0.15) is 6.29 Å². The average molecular weight is 184 g/mol. The summed E-state index contributed by atoms with van der Waals surface area (Å²) >= 11 is 0. The van der Waals surface area contributed by atoms with Crippen LogP contribution in [0.2, 0.25) is 0 Å². The molecule has 0 aromatic carbocycles. The normalized spacial score (nSPS) is 18.6. The molecule has 0 unspecified atom stereocenters. The van der Waals surface area contributed by atoms with E-state index in [2.05, 4.69) is 0 Å². The van der Waals surface area contributed by atoms with Gasteiger partial charge in [0.15, 0.2) is 5.41 Å². The van der Waals surface area contributed by atoms with Crippen LogP contribution in [0.3, 0.4) is 0 Å². The second-order valence-electron chi connectivity index (χ2n) is 3.01. The third-order valence-corrected chi connectivity index (χ3v) is 2.18. The molecular weight excluding hydrogens is 176 g/mol.